The van der Waals surface area contributed by atoms with Crippen LogP contribution in [0.25, 0.3) is 0 Å². The van der Waals surface area contributed by atoms with Gasteiger partial charge in [-0.25, -0.2) is 8.51 Å². The van der Waals surface area contributed by atoms with Gasteiger partial charge in [0.2, 0.25) is 17.7 Å². The van der Waals surface area contributed by atoms with E-state index in [1.807, 2.05) is 0 Å². The molecule has 0 aromatic rings. The van der Waals surface area contributed by atoms with E-state index in [0.717, 1.165) is 6.40 Å². The minimum Gasteiger partial charge on any atom is -0.481 e. The van der Waals surface area contributed by atoms with Gasteiger partial charge in [0.05, 0.1) is 12.7 Å². The van der Waals surface area contributed by atoms with Crippen molar-refractivity contribution in [3.05, 3.63) is 0 Å². The smallest absolute Gasteiger partial charge is 0.279 e. The van der Waals surface area contributed by atoms with Crippen LogP contribution in [0.4, 0.5) is 0 Å². The van der Waals surface area contributed by atoms with Gasteiger partial charge in [0.1, 0.15) is 0 Å². The van der Waals surface area contributed by atoms with Gasteiger partial charge >= 0.3 is 0 Å². The Balaban J connectivity index is 3.74. The summed E-state index contributed by atoms with van der Waals surface area (Å²) in [7, 11) is 3.00. The van der Waals surface area contributed by atoms with E-state index in [-0.39, 0.29) is 19.3 Å². The number of aliphatic hydroxyl groups is 1. The SMILES string of the molecule is CO[C@@H](CCO/C=N/OC(N)O)CN(C)S(=O)O. The molecule has 0 spiro atoms. The van der Waals surface area contributed by atoms with Crippen molar-refractivity contribution in [2.75, 3.05) is 27.3 Å². The molecule has 0 radical (unpaired) electrons. The molecular weight excluding hydrogens is 266 g/mol. The number of hydrogen-bond donors (Lipinski definition) is 3. The summed E-state index contributed by atoms with van der Waals surface area (Å²) in [5, 5.41) is 11.7. The second-order valence-electron chi connectivity index (χ2n) is 3.27. The van der Waals surface area contributed by atoms with Gasteiger partial charge in [-0.1, -0.05) is 5.16 Å². The first kappa shape index (κ1) is 17.2. The zero-order valence-electron chi connectivity index (χ0n) is 10.3. The van der Waals surface area contributed by atoms with E-state index >= 15 is 0 Å². The molecule has 108 valence electrons. The number of nitrogens with two attached hydrogens (primary N) is 1. The molecule has 0 rings (SSSR count). The molecule has 3 atom stereocenters. The Kier molecular flexibility index (Phi) is 9.73. The second-order valence-corrected chi connectivity index (χ2v) is 4.35. The predicted molar refractivity (Wildman–Crippen MR) is 64.5 cm³/mol. The van der Waals surface area contributed by atoms with Crippen molar-refractivity contribution in [3.8, 4) is 0 Å². The summed E-state index contributed by atoms with van der Waals surface area (Å²) in [5.41, 5.74) is 4.85. The molecule has 0 aliphatic rings. The van der Waals surface area contributed by atoms with Crippen LogP contribution < -0.4 is 5.73 Å². The highest BCUT2D eigenvalue weighted by Crippen LogP contribution is 2.01. The number of hydrogen-bond acceptors (Lipinski definition) is 7. The molecule has 0 amide bonds. The lowest BCUT2D eigenvalue weighted by molar-refractivity contribution is -0.0940. The van der Waals surface area contributed by atoms with Crippen molar-refractivity contribution in [2.24, 2.45) is 10.9 Å². The lowest BCUT2D eigenvalue weighted by atomic mass is 10.2. The van der Waals surface area contributed by atoms with E-state index in [0.29, 0.717) is 6.42 Å². The third-order valence-corrected chi connectivity index (χ3v) is 2.59. The second kappa shape index (κ2) is 10.2. The Morgan fingerprint density at radius 1 is 1.61 bits per heavy atom. The van der Waals surface area contributed by atoms with Crippen molar-refractivity contribution >= 4 is 17.7 Å². The largest absolute Gasteiger partial charge is 0.481 e. The van der Waals surface area contributed by atoms with Gasteiger partial charge in [-0.15, -0.1) is 0 Å². The van der Waals surface area contributed by atoms with Gasteiger partial charge in [-0.05, 0) is 0 Å². The standard InChI is InChI=1S/C8H19N3O6S/c1-11(18(13)14)5-7(15-2)3-4-16-6-10-17-8(9)12/h6-8,12H,3-5,9H2,1-2H3,(H,13,14)/b10-6+/t7-,8?/m0/s1. The quantitative estimate of drug-likeness (QED) is 0.113. The number of aliphatic hydroxyl groups excluding tert-OH is 1. The van der Waals surface area contributed by atoms with Crippen LogP contribution in [-0.4, -0.2) is 64.4 Å². The van der Waals surface area contributed by atoms with Crippen LogP contribution in [0.2, 0.25) is 0 Å². The topological polar surface area (TPSA) is 127 Å². The normalized spacial score (nSPS) is 16.8. The van der Waals surface area contributed by atoms with Crippen molar-refractivity contribution in [3.63, 3.8) is 0 Å². The summed E-state index contributed by atoms with van der Waals surface area (Å²) >= 11 is -2.02. The summed E-state index contributed by atoms with van der Waals surface area (Å²) in [5.74, 6) is 0. The fourth-order valence-electron chi connectivity index (χ4n) is 1.00. The van der Waals surface area contributed by atoms with Gasteiger partial charge in [0.15, 0.2) is 0 Å². The summed E-state index contributed by atoms with van der Waals surface area (Å²) in [4.78, 5) is 4.24. The fraction of sp³-hybridized carbons (Fsp3) is 0.875. The van der Waals surface area contributed by atoms with Gasteiger partial charge < -0.3 is 19.4 Å². The maximum absolute atomic E-state index is 10.7. The average molecular weight is 285 g/mol. The Labute approximate surface area is 108 Å². The summed E-state index contributed by atoms with van der Waals surface area (Å²) < 4.78 is 30.8. The number of methoxy groups -OCH3 is 1. The molecule has 0 heterocycles. The van der Waals surface area contributed by atoms with Crippen LogP contribution in [0.15, 0.2) is 5.16 Å². The third kappa shape index (κ3) is 9.27. The van der Waals surface area contributed by atoms with Gasteiger partial charge in [-0.2, -0.15) is 0 Å². The third-order valence-electron chi connectivity index (χ3n) is 1.90. The highest BCUT2D eigenvalue weighted by Gasteiger charge is 2.13. The van der Waals surface area contributed by atoms with Crippen LogP contribution in [0, 0.1) is 0 Å². The van der Waals surface area contributed by atoms with Crippen molar-refractivity contribution in [2.45, 2.75) is 18.9 Å². The monoisotopic (exact) mass is 285 g/mol. The predicted octanol–water partition coefficient (Wildman–Crippen LogP) is -1.33. The Morgan fingerprint density at radius 2 is 2.28 bits per heavy atom. The molecule has 4 N–H and O–H groups in total. The number of rotatable bonds is 10. The molecule has 18 heavy (non-hydrogen) atoms. The molecule has 0 fully saturated rings. The van der Waals surface area contributed by atoms with E-state index in [9.17, 15) is 4.21 Å². The molecule has 10 heteroatoms. The van der Waals surface area contributed by atoms with E-state index < -0.39 is 17.7 Å². The number of ether oxygens (including phenoxy) is 2. The lowest BCUT2D eigenvalue weighted by Gasteiger charge is -2.19. The highest BCUT2D eigenvalue weighted by molar-refractivity contribution is 7.76. The van der Waals surface area contributed by atoms with Crippen molar-refractivity contribution in [1.29, 1.82) is 0 Å². The van der Waals surface area contributed by atoms with E-state index in [4.69, 9.17) is 24.9 Å². The zero-order chi connectivity index (χ0) is 14.0. The molecule has 0 bridgehead atoms. The summed E-state index contributed by atoms with van der Waals surface area (Å²) in [6, 6.07) is 0. The van der Waals surface area contributed by atoms with E-state index in [1.54, 1.807) is 0 Å². The van der Waals surface area contributed by atoms with Crippen molar-refractivity contribution < 1.29 is 28.2 Å². The molecule has 0 saturated heterocycles. The minimum absolute atomic E-state index is 0.250. The molecule has 0 aromatic carbocycles. The molecule has 0 aliphatic carbocycles. The van der Waals surface area contributed by atoms with Gasteiger partial charge in [0, 0.05) is 27.1 Å². The van der Waals surface area contributed by atoms with Gasteiger partial charge in [0.25, 0.3) is 6.41 Å². The van der Waals surface area contributed by atoms with E-state index in [2.05, 4.69) is 9.99 Å². The first-order chi connectivity index (χ1) is 8.47. The van der Waals surface area contributed by atoms with Crippen LogP contribution in [0.1, 0.15) is 6.42 Å². The Bertz CT molecular complexity index is 265. The number of oxime groups is 1. The highest BCUT2D eigenvalue weighted by atomic mass is 32.2. The lowest BCUT2D eigenvalue weighted by Crippen LogP contribution is -2.32. The molecular formula is C8H19N3O6S. The molecule has 0 saturated carbocycles. The molecule has 0 aromatic heterocycles. The molecule has 0 aliphatic heterocycles. The van der Waals surface area contributed by atoms with Crippen LogP contribution in [0.3, 0.4) is 0 Å². The zero-order valence-corrected chi connectivity index (χ0v) is 11.1. The average Bonchev–Trinajstić information content (AvgIpc) is 2.31. The fourth-order valence-corrected chi connectivity index (χ4v) is 1.30. The maximum atomic E-state index is 10.7. The molecule has 9 nitrogen and oxygen atoms in total. The Morgan fingerprint density at radius 3 is 2.78 bits per heavy atom. The number of likely N-dealkylation sites (N-methyl/N-ethyl adjacent to an activating group) is 1. The van der Waals surface area contributed by atoms with Gasteiger partial charge in [-0.3, -0.25) is 10.3 Å². The molecule has 2 unspecified atom stereocenters. The van der Waals surface area contributed by atoms with Crippen molar-refractivity contribution in [1.82, 2.24) is 4.31 Å². The minimum atomic E-state index is -2.02. The first-order valence-corrected chi connectivity index (χ1v) is 6.11. The van der Waals surface area contributed by atoms with E-state index in [1.165, 1.54) is 18.5 Å². The maximum Gasteiger partial charge on any atom is 0.279 e. The first-order valence-electron chi connectivity index (χ1n) is 5.05. The number of nitrogens with zero attached hydrogens (tertiary/aromatic N) is 2. The summed E-state index contributed by atoms with van der Waals surface area (Å²) in [6.45, 7) is 0.566. The Hall–Kier alpha value is -0.780. The van der Waals surface area contributed by atoms with Crippen LogP contribution >= 0.6 is 0 Å². The van der Waals surface area contributed by atoms with Crippen LogP contribution in [-0.2, 0) is 25.6 Å². The van der Waals surface area contributed by atoms with Crippen LogP contribution in [0.5, 0.6) is 0 Å². The summed E-state index contributed by atoms with van der Waals surface area (Å²) in [6.07, 6.45) is -0.239.